The van der Waals surface area contributed by atoms with Crippen LogP contribution in [0.15, 0.2) is 24.3 Å². The van der Waals surface area contributed by atoms with Gasteiger partial charge in [-0.25, -0.2) is 4.79 Å². The summed E-state index contributed by atoms with van der Waals surface area (Å²) in [5.41, 5.74) is 0.564. The molecule has 21 heavy (non-hydrogen) atoms. The fourth-order valence-corrected chi connectivity index (χ4v) is 2.58. The molecule has 1 fully saturated rings. The molecule has 5 heteroatoms. The maximum absolute atomic E-state index is 12.6. The van der Waals surface area contributed by atoms with Crippen LogP contribution in [0.4, 0.5) is 0 Å². The number of piperidine rings is 1. The van der Waals surface area contributed by atoms with E-state index in [0.29, 0.717) is 25.1 Å². The van der Waals surface area contributed by atoms with E-state index in [1.165, 1.54) is 7.11 Å². The van der Waals surface area contributed by atoms with Crippen LogP contribution in [0.25, 0.3) is 0 Å². The van der Waals surface area contributed by atoms with E-state index in [1.807, 2.05) is 6.92 Å². The Hall–Kier alpha value is -2.04. The third-order valence-corrected chi connectivity index (χ3v) is 3.65. The number of benzene rings is 1. The minimum absolute atomic E-state index is 0.131. The van der Waals surface area contributed by atoms with Crippen LogP contribution >= 0.6 is 0 Å². The number of amides is 1. The molecule has 5 nitrogen and oxygen atoms in total. The highest BCUT2D eigenvalue weighted by Crippen LogP contribution is 2.21. The van der Waals surface area contributed by atoms with E-state index in [1.54, 1.807) is 29.2 Å². The van der Waals surface area contributed by atoms with Gasteiger partial charge in [0.25, 0.3) is 5.91 Å². The second-order valence-corrected chi connectivity index (χ2v) is 4.99. The van der Waals surface area contributed by atoms with Gasteiger partial charge in [-0.1, -0.05) is 0 Å². The summed E-state index contributed by atoms with van der Waals surface area (Å²) in [6.07, 6.45) is 2.51. The van der Waals surface area contributed by atoms with Crippen LogP contribution in [-0.4, -0.2) is 43.1 Å². The first kappa shape index (κ1) is 15.4. The molecule has 1 aliphatic rings. The molecule has 1 atom stereocenters. The van der Waals surface area contributed by atoms with E-state index in [0.717, 1.165) is 18.6 Å². The van der Waals surface area contributed by atoms with E-state index < -0.39 is 6.04 Å². The van der Waals surface area contributed by atoms with E-state index in [9.17, 15) is 9.59 Å². The molecule has 1 aliphatic heterocycles. The van der Waals surface area contributed by atoms with Crippen LogP contribution in [-0.2, 0) is 9.53 Å². The Morgan fingerprint density at radius 2 is 1.95 bits per heavy atom. The number of rotatable bonds is 4. The van der Waals surface area contributed by atoms with Crippen molar-refractivity contribution in [2.45, 2.75) is 32.2 Å². The molecule has 0 saturated carbocycles. The van der Waals surface area contributed by atoms with Crippen LogP contribution in [0.2, 0.25) is 0 Å². The zero-order valence-electron chi connectivity index (χ0n) is 12.5. The lowest BCUT2D eigenvalue weighted by Gasteiger charge is -2.33. The van der Waals surface area contributed by atoms with Crippen molar-refractivity contribution in [3.8, 4) is 5.75 Å². The van der Waals surface area contributed by atoms with Gasteiger partial charge in [0.05, 0.1) is 13.7 Å². The lowest BCUT2D eigenvalue weighted by Crippen LogP contribution is -2.48. The SMILES string of the molecule is CCOc1ccc(C(=O)N2CCCCC2C(=O)OC)cc1. The lowest BCUT2D eigenvalue weighted by atomic mass is 10.0. The summed E-state index contributed by atoms with van der Waals surface area (Å²) in [7, 11) is 1.36. The standard InChI is InChI=1S/C16H21NO4/c1-3-21-13-9-7-12(8-10-13)15(18)17-11-5-4-6-14(17)16(19)20-2/h7-10,14H,3-6,11H2,1-2H3. The van der Waals surface area contributed by atoms with Gasteiger partial charge in [0.1, 0.15) is 11.8 Å². The van der Waals surface area contributed by atoms with Crippen LogP contribution in [0.3, 0.4) is 0 Å². The Labute approximate surface area is 124 Å². The summed E-state index contributed by atoms with van der Waals surface area (Å²) in [5.74, 6) is 0.263. The molecular weight excluding hydrogens is 270 g/mol. The van der Waals surface area contributed by atoms with Gasteiger partial charge < -0.3 is 14.4 Å². The highest BCUT2D eigenvalue weighted by molar-refractivity contribution is 5.97. The number of methoxy groups -OCH3 is 1. The first-order chi connectivity index (χ1) is 10.2. The summed E-state index contributed by atoms with van der Waals surface area (Å²) in [4.78, 5) is 26.0. The molecule has 0 N–H and O–H groups in total. The third kappa shape index (κ3) is 3.54. The Kier molecular flexibility index (Phi) is 5.20. The van der Waals surface area contributed by atoms with Gasteiger partial charge in [-0.2, -0.15) is 0 Å². The Balaban J connectivity index is 2.14. The summed E-state index contributed by atoms with van der Waals surface area (Å²) >= 11 is 0. The summed E-state index contributed by atoms with van der Waals surface area (Å²) < 4.78 is 10.2. The molecule has 0 spiro atoms. The summed E-state index contributed by atoms with van der Waals surface area (Å²) in [6, 6.07) is 6.54. The summed E-state index contributed by atoms with van der Waals surface area (Å²) in [6.45, 7) is 3.09. The molecule has 114 valence electrons. The molecular formula is C16H21NO4. The number of carbonyl (C=O) groups excluding carboxylic acids is 2. The summed E-state index contributed by atoms with van der Waals surface area (Å²) in [5, 5.41) is 0. The quantitative estimate of drug-likeness (QED) is 0.798. The van der Waals surface area contributed by atoms with Crippen molar-refractivity contribution in [2.24, 2.45) is 0 Å². The molecule has 1 heterocycles. The number of likely N-dealkylation sites (tertiary alicyclic amines) is 1. The van der Waals surface area contributed by atoms with Crippen molar-refractivity contribution in [3.63, 3.8) is 0 Å². The van der Waals surface area contributed by atoms with E-state index in [-0.39, 0.29) is 11.9 Å². The molecule has 1 amide bonds. The average molecular weight is 291 g/mol. The Morgan fingerprint density at radius 1 is 1.24 bits per heavy atom. The van der Waals surface area contributed by atoms with Crippen molar-refractivity contribution in [1.29, 1.82) is 0 Å². The Bertz CT molecular complexity index is 498. The maximum Gasteiger partial charge on any atom is 0.328 e. The van der Waals surface area contributed by atoms with Gasteiger partial charge in [0, 0.05) is 12.1 Å². The molecule has 1 unspecified atom stereocenters. The number of carbonyl (C=O) groups is 2. The smallest absolute Gasteiger partial charge is 0.328 e. The second-order valence-electron chi connectivity index (χ2n) is 4.99. The van der Waals surface area contributed by atoms with Crippen LogP contribution in [0.1, 0.15) is 36.5 Å². The number of hydrogen-bond donors (Lipinski definition) is 0. The van der Waals surface area contributed by atoms with Gasteiger partial charge in [0.2, 0.25) is 0 Å². The van der Waals surface area contributed by atoms with E-state index in [2.05, 4.69) is 0 Å². The van der Waals surface area contributed by atoms with Gasteiger partial charge in [-0.3, -0.25) is 4.79 Å². The van der Waals surface area contributed by atoms with E-state index in [4.69, 9.17) is 9.47 Å². The normalized spacial score (nSPS) is 18.2. The lowest BCUT2D eigenvalue weighted by molar-refractivity contribution is -0.147. The van der Waals surface area contributed by atoms with Crippen LogP contribution in [0, 0.1) is 0 Å². The fourth-order valence-electron chi connectivity index (χ4n) is 2.58. The van der Waals surface area contributed by atoms with Gasteiger partial charge in [0.15, 0.2) is 0 Å². The molecule has 2 rings (SSSR count). The topological polar surface area (TPSA) is 55.8 Å². The predicted octanol–water partition coefficient (Wildman–Crippen LogP) is 2.25. The number of esters is 1. The molecule has 0 bridgehead atoms. The second kappa shape index (κ2) is 7.11. The fraction of sp³-hybridized carbons (Fsp3) is 0.500. The maximum atomic E-state index is 12.6. The monoisotopic (exact) mass is 291 g/mol. The van der Waals surface area contributed by atoms with Crippen LogP contribution < -0.4 is 4.74 Å². The largest absolute Gasteiger partial charge is 0.494 e. The first-order valence-electron chi connectivity index (χ1n) is 7.29. The van der Waals surface area contributed by atoms with Crippen molar-refractivity contribution >= 4 is 11.9 Å². The molecule has 1 aromatic carbocycles. The molecule has 0 aliphatic carbocycles. The minimum Gasteiger partial charge on any atom is -0.494 e. The third-order valence-electron chi connectivity index (χ3n) is 3.65. The zero-order chi connectivity index (χ0) is 15.2. The van der Waals surface area contributed by atoms with Crippen molar-refractivity contribution < 1.29 is 19.1 Å². The molecule has 0 aromatic heterocycles. The van der Waals surface area contributed by atoms with Crippen LogP contribution in [0.5, 0.6) is 5.75 Å². The highest BCUT2D eigenvalue weighted by atomic mass is 16.5. The van der Waals surface area contributed by atoms with Crippen molar-refractivity contribution in [3.05, 3.63) is 29.8 Å². The number of ether oxygens (including phenoxy) is 2. The predicted molar refractivity (Wildman–Crippen MR) is 78.3 cm³/mol. The average Bonchev–Trinajstić information content (AvgIpc) is 2.54. The molecule has 0 radical (unpaired) electrons. The van der Waals surface area contributed by atoms with E-state index >= 15 is 0 Å². The van der Waals surface area contributed by atoms with Gasteiger partial charge in [-0.05, 0) is 50.5 Å². The van der Waals surface area contributed by atoms with Crippen molar-refractivity contribution in [1.82, 2.24) is 4.90 Å². The van der Waals surface area contributed by atoms with Gasteiger partial charge in [-0.15, -0.1) is 0 Å². The minimum atomic E-state index is -0.470. The highest BCUT2D eigenvalue weighted by Gasteiger charge is 2.33. The first-order valence-corrected chi connectivity index (χ1v) is 7.29. The zero-order valence-corrected chi connectivity index (χ0v) is 12.5. The number of nitrogens with zero attached hydrogens (tertiary/aromatic N) is 1. The van der Waals surface area contributed by atoms with Gasteiger partial charge >= 0.3 is 5.97 Å². The number of hydrogen-bond acceptors (Lipinski definition) is 4. The molecule has 1 aromatic rings. The van der Waals surface area contributed by atoms with Crippen molar-refractivity contribution in [2.75, 3.05) is 20.3 Å². The Morgan fingerprint density at radius 3 is 2.57 bits per heavy atom. The molecule has 1 saturated heterocycles.